The van der Waals surface area contributed by atoms with Crippen molar-refractivity contribution in [2.24, 2.45) is 0 Å². The van der Waals surface area contributed by atoms with Crippen LogP contribution in [0, 0.1) is 0 Å². The van der Waals surface area contributed by atoms with Gasteiger partial charge in [0.1, 0.15) is 25.0 Å². The molecular formula is C28H46N6O10P2+2. The molecule has 0 aliphatic carbocycles. The Balaban J connectivity index is 0.00000529. The summed E-state index contributed by atoms with van der Waals surface area (Å²) in [7, 11) is -10.0. The van der Waals surface area contributed by atoms with E-state index >= 15 is 0 Å². The number of quaternary nitrogens is 4. The number of allylic oxidation sites excluding steroid dienone is 5. The van der Waals surface area contributed by atoms with Crippen molar-refractivity contribution < 1.29 is 58.9 Å². The van der Waals surface area contributed by atoms with Gasteiger partial charge in [-0.3, -0.25) is 4.79 Å². The molecule has 16 nitrogen and oxygen atoms in total. The zero-order valence-corrected chi connectivity index (χ0v) is 28.8. The van der Waals surface area contributed by atoms with Crippen molar-refractivity contribution in [3.63, 3.8) is 0 Å². The molecule has 1 aliphatic rings. The molecule has 1 amide bonds. The van der Waals surface area contributed by atoms with E-state index in [2.05, 4.69) is 63.8 Å². The molecule has 1 aliphatic heterocycles. The maximum Gasteiger partial charge on any atom is 0.624 e. The number of amides is 1. The summed E-state index contributed by atoms with van der Waals surface area (Å²) >= 11 is 0. The minimum Gasteiger partial charge on any atom is -0.780 e. The Morgan fingerprint density at radius 2 is 1.54 bits per heavy atom. The van der Waals surface area contributed by atoms with Crippen molar-refractivity contribution in [3.05, 3.63) is 70.8 Å². The van der Waals surface area contributed by atoms with E-state index in [1.54, 1.807) is 0 Å². The van der Waals surface area contributed by atoms with Crippen LogP contribution in [0.1, 0.15) is 63.7 Å². The van der Waals surface area contributed by atoms with Crippen LogP contribution in [-0.4, -0.2) is 17.6 Å². The van der Waals surface area contributed by atoms with Crippen molar-refractivity contribution in [3.8, 4) is 17.2 Å². The van der Waals surface area contributed by atoms with Gasteiger partial charge in [0.15, 0.2) is 5.75 Å². The maximum absolute atomic E-state index is 13.9. The zero-order chi connectivity index (χ0) is 32.7. The van der Waals surface area contributed by atoms with Crippen LogP contribution in [0.25, 0.3) is 0 Å². The van der Waals surface area contributed by atoms with Crippen LogP contribution in [-0.2, 0) is 18.4 Å². The second kappa shape index (κ2) is 17.4. The fraction of sp³-hybridized carbons (Fsp3) is 0.321. The lowest BCUT2D eigenvalue weighted by molar-refractivity contribution is -0.682. The summed E-state index contributed by atoms with van der Waals surface area (Å²) in [6, 6.07) is 6.36. The first kappa shape index (κ1) is 40.5. The third-order valence-corrected chi connectivity index (χ3v) is 8.09. The first-order chi connectivity index (χ1) is 20.7. The van der Waals surface area contributed by atoms with Crippen LogP contribution in [0.4, 0.5) is 17.1 Å². The first-order valence-corrected chi connectivity index (χ1v) is 16.5. The Bertz CT molecular complexity index is 1560. The number of carbonyl (C=O) groups is 1. The van der Waals surface area contributed by atoms with Crippen molar-refractivity contribution in [1.29, 1.82) is 0 Å². The number of hydrogen-bond donors (Lipinski definition) is 6. The minimum atomic E-state index is -5.58. The van der Waals surface area contributed by atoms with Crippen LogP contribution < -0.4 is 53.1 Å². The highest BCUT2D eigenvalue weighted by molar-refractivity contribution is 7.48. The minimum absolute atomic E-state index is 0. The number of rotatable bonds is 14. The van der Waals surface area contributed by atoms with Crippen molar-refractivity contribution >= 4 is 38.6 Å². The average molecular weight is 689 g/mol. The number of aromatic hydroxyl groups is 1. The van der Waals surface area contributed by atoms with Crippen molar-refractivity contribution in [1.82, 2.24) is 12.3 Å². The second-order valence-electron chi connectivity index (χ2n) is 10.4. The van der Waals surface area contributed by atoms with E-state index in [0.29, 0.717) is 6.42 Å². The number of phosphoric ester groups is 1. The van der Waals surface area contributed by atoms with Gasteiger partial charge in [-0.05, 0) is 65.5 Å². The Morgan fingerprint density at radius 3 is 2.13 bits per heavy atom. The molecule has 18 heteroatoms. The van der Waals surface area contributed by atoms with Gasteiger partial charge in [-0.2, -0.15) is 11.8 Å². The summed E-state index contributed by atoms with van der Waals surface area (Å²) in [5, 5.41) is 13.5. The summed E-state index contributed by atoms with van der Waals surface area (Å²) in [5.41, 5.74) is 3.51. The number of para-hydroxylation sites is 1. The highest BCUT2D eigenvalue weighted by Gasteiger charge is 2.37. The Hall–Kier alpha value is -3.53. The van der Waals surface area contributed by atoms with E-state index in [0.717, 1.165) is 37.0 Å². The predicted octanol–water partition coefficient (Wildman–Crippen LogP) is 4.31. The van der Waals surface area contributed by atoms with Gasteiger partial charge in [0.05, 0.1) is 16.9 Å². The van der Waals surface area contributed by atoms with Gasteiger partial charge in [-0.15, -0.1) is 0 Å². The molecule has 2 aromatic carbocycles. The Kier molecular flexibility index (Phi) is 15.3. The maximum atomic E-state index is 13.9. The highest BCUT2D eigenvalue weighted by Crippen LogP contribution is 2.53. The zero-order valence-electron chi connectivity index (χ0n) is 27.0. The number of carbonyl (C=O) groups excluding carboxylic acids is 1. The largest absolute Gasteiger partial charge is 0.780 e. The molecule has 0 bridgehead atoms. The number of phenolic OH excluding ortho intramolecular Hbond substituents is 1. The topological polar surface area (TPSA) is 298 Å². The number of nitrogens with zero attached hydrogens (tertiary/aromatic N) is 1. The van der Waals surface area contributed by atoms with Gasteiger partial charge in [-0.25, -0.2) is 4.57 Å². The molecule has 0 spiro atoms. The monoisotopic (exact) mass is 688 g/mol. The first-order valence-electron chi connectivity index (χ1n) is 13.6. The number of hydrogen-bond acceptors (Lipinski definition) is 11. The number of benzene rings is 2. The van der Waals surface area contributed by atoms with Crippen molar-refractivity contribution in [2.45, 2.75) is 53.4 Å². The third kappa shape index (κ3) is 11.1. The molecular weight excluding hydrogens is 642 g/mol. The van der Waals surface area contributed by atoms with Crippen LogP contribution >= 0.6 is 15.6 Å². The lowest BCUT2D eigenvalue weighted by Crippen LogP contribution is -2.54. The van der Waals surface area contributed by atoms with Gasteiger partial charge in [0.2, 0.25) is 0 Å². The van der Waals surface area contributed by atoms with Gasteiger partial charge in [0.25, 0.3) is 5.91 Å². The summed E-state index contributed by atoms with van der Waals surface area (Å²) in [6.45, 7) is 8.13. The molecule has 0 saturated carbocycles. The molecule has 2 aromatic rings. The standard InChI is InChI=1S/C28H38N4O10P2.2H3N/c1-18(2)8-5-9-19(3)10-6-11-20(4)14-15-32-23-16-21(39-43(35,36)37)17-25(40-44(38,41-29)42-30)27(23)31-26-22(28(32)34)12-7-13-24(26)33;;/h7-8,10,12-14,16-17H,5-6,9,11,15H2,1-4,29-30H3,(H2-2,31,33,34,35,36,37);2*1H3/p+2/b19-10+,20-14+;;. The lowest BCUT2D eigenvalue weighted by atomic mass is 10.1. The number of nitrogens with one attached hydrogen (secondary N) is 1. The SMILES string of the molecule is CC(C)=CCC/C(C)=C/CC/C(C)=C/CN1C(=O)c2cccc(O)c2Nc2c(OP(=O)(O[NH3+])O[NH3+])cc(OP(=O)([O-])[O-])cc21.[NH4+].[NH4+]. The lowest BCUT2D eigenvalue weighted by Gasteiger charge is -2.30. The normalized spacial score (nSPS) is 13.3. The van der Waals surface area contributed by atoms with E-state index in [1.807, 2.05) is 13.0 Å². The third-order valence-electron chi connectivity index (χ3n) is 6.60. The summed E-state index contributed by atoms with van der Waals surface area (Å²) in [4.78, 5) is 38.1. The Labute approximate surface area is 268 Å². The molecule has 1 heterocycles. The average Bonchev–Trinajstić information content (AvgIpc) is 3.05. The highest BCUT2D eigenvalue weighted by atomic mass is 31.2. The van der Waals surface area contributed by atoms with Crippen molar-refractivity contribution in [2.75, 3.05) is 16.8 Å². The van der Waals surface area contributed by atoms with Gasteiger partial charge in [-0.1, -0.05) is 50.3 Å². The number of phosphoric acid groups is 2. The molecule has 16 N–H and O–H groups in total. The van der Waals surface area contributed by atoms with E-state index in [9.17, 15) is 28.8 Å². The quantitative estimate of drug-likeness (QED) is 0.0703. The number of phenols is 1. The van der Waals surface area contributed by atoms with Crippen LogP contribution in [0.5, 0.6) is 17.2 Å². The van der Waals surface area contributed by atoms with E-state index in [-0.39, 0.29) is 47.2 Å². The number of fused-ring (bicyclic) bond motifs is 2. The van der Waals surface area contributed by atoms with E-state index in [1.165, 1.54) is 34.2 Å². The van der Waals surface area contributed by atoms with Crippen LogP contribution in [0.3, 0.4) is 0 Å². The second-order valence-corrected chi connectivity index (χ2v) is 13.0. The summed E-state index contributed by atoms with van der Waals surface area (Å²) in [5.74, 6) is 4.27. The van der Waals surface area contributed by atoms with E-state index < -0.39 is 33.1 Å². The molecule has 0 aromatic heterocycles. The smallest absolute Gasteiger partial charge is 0.624 e. The molecule has 0 unspecified atom stereocenters. The number of anilines is 3. The molecule has 0 saturated heterocycles. The fourth-order valence-electron chi connectivity index (χ4n) is 4.38. The molecule has 46 heavy (non-hydrogen) atoms. The Morgan fingerprint density at radius 1 is 0.935 bits per heavy atom. The predicted molar refractivity (Wildman–Crippen MR) is 171 cm³/mol. The molecule has 256 valence electrons. The summed E-state index contributed by atoms with van der Waals surface area (Å²) in [6.07, 6.45) is 9.64. The summed E-state index contributed by atoms with van der Waals surface area (Å²) < 4.78 is 43.4. The molecule has 3 rings (SSSR count). The van der Waals surface area contributed by atoms with Crippen LogP contribution in [0.15, 0.2) is 65.3 Å². The molecule has 0 atom stereocenters. The van der Waals surface area contributed by atoms with Gasteiger partial charge in [0, 0.05) is 18.7 Å². The van der Waals surface area contributed by atoms with Gasteiger partial charge >= 0.3 is 7.82 Å². The van der Waals surface area contributed by atoms with Gasteiger partial charge < -0.3 is 51.0 Å². The molecule has 0 fully saturated rings. The molecule has 0 radical (unpaired) electrons. The van der Waals surface area contributed by atoms with E-state index in [4.69, 9.17) is 4.52 Å². The fourth-order valence-corrected chi connectivity index (χ4v) is 5.30. The van der Waals surface area contributed by atoms with Crippen LogP contribution in [0.2, 0.25) is 0 Å².